The summed E-state index contributed by atoms with van der Waals surface area (Å²) < 4.78 is 43.4. The summed E-state index contributed by atoms with van der Waals surface area (Å²) in [6.45, 7) is 0.848. The summed E-state index contributed by atoms with van der Waals surface area (Å²) in [5.74, 6) is 0.685. The molecule has 7 nitrogen and oxygen atoms in total. The van der Waals surface area contributed by atoms with Crippen molar-refractivity contribution < 1.29 is 27.5 Å². The van der Waals surface area contributed by atoms with Gasteiger partial charge in [-0.25, -0.2) is 4.79 Å². The molecule has 0 spiro atoms. The lowest BCUT2D eigenvalue weighted by Gasteiger charge is -2.29. The number of urea groups is 1. The Morgan fingerprint density at radius 1 is 1.03 bits per heavy atom. The number of anilines is 1. The maximum atomic E-state index is 12.8. The van der Waals surface area contributed by atoms with Crippen molar-refractivity contribution in [1.82, 2.24) is 15.2 Å². The van der Waals surface area contributed by atoms with Gasteiger partial charge in [0.1, 0.15) is 17.2 Å². The first kappa shape index (κ1) is 24.4. The van der Waals surface area contributed by atoms with Crippen LogP contribution in [0.2, 0.25) is 0 Å². The van der Waals surface area contributed by atoms with Crippen LogP contribution < -0.4 is 15.4 Å². The van der Waals surface area contributed by atoms with E-state index in [-0.39, 0.29) is 34.3 Å². The van der Waals surface area contributed by atoms with E-state index in [4.69, 9.17) is 4.74 Å². The highest BCUT2D eigenvalue weighted by molar-refractivity contribution is 8.00. The number of carbonyl (C=O) groups excluding carboxylic acids is 2. The predicted octanol–water partition coefficient (Wildman–Crippen LogP) is 5.44. The van der Waals surface area contributed by atoms with Gasteiger partial charge >= 0.3 is 11.5 Å². The molecular weight excluding hydrogens is 481 g/mol. The number of alkyl halides is 3. The lowest BCUT2D eigenvalue weighted by Crippen LogP contribution is -2.38. The molecule has 0 aliphatic carbocycles. The van der Waals surface area contributed by atoms with Crippen molar-refractivity contribution in [2.45, 2.75) is 23.4 Å². The van der Waals surface area contributed by atoms with E-state index in [1.807, 2.05) is 18.2 Å². The zero-order valence-corrected chi connectivity index (χ0v) is 19.4. The van der Waals surface area contributed by atoms with Gasteiger partial charge < -0.3 is 20.3 Å². The van der Waals surface area contributed by atoms with Gasteiger partial charge in [-0.05, 0) is 71.8 Å². The van der Waals surface area contributed by atoms with Gasteiger partial charge in [-0.3, -0.25) is 9.78 Å². The van der Waals surface area contributed by atoms with Gasteiger partial charge in [-0.15, -0.1) is 0 Å². The van der Waals surface area contributed by atoms with Crippen LogP contribution in [0.3, 0.4) is 0 Å². The van der Waals surface area contributed by atoms with E-state index in [0.29, 0.717) is 36.7 Å². The minimum Gasteiger partial charge on any atom is -0.457 e. The van der Waals surface area contributed by atoms with E-state index in [1.165, 1.54) is 43.6 Å². The number of hydrogen-bond acceptors (Lipinski definition) is 5. The fourth-order valence-corrected chi connectivity index (χ4v) is 4.12. The second-order valence-electron chi connectivity index (χ2n) is 7.66. The molecule has 0 unspecified atom stereocenters. The van der Waals surface area contributed by atoms with E-state index in [0.717, 1.165) is 11.1 Å². The molecule has 0 fully saturated rings. The number of rotatable bonds is 5. The molecule has 4 rings (SSSR count). The number of carbonyl (C=O) groups is 2. The number of nitrogens with one attached hydrogen (secondary N) is 2. The van der Waals surface area contributed by atoms with Crippen molar-refractivity contribution >= 4 is 29.4 Å². The van der Waals surface area contributed by atoms with Gasteiger partial charge in [-0.1, -0.05) is 6.07 Å². The first-order valence-electron chi connectivity index (χ1n) is 10.6. The third kappa shape index (κ3) is 6.44. The smallest absolute Gasteiger partial charge is 0.446 e. The fraction of sp³-hybridized carbons (Fsp3) is 0.208. The number of thioether (sulfide) groups is 1. The molecule has 0 atom stereocenters. The Morgan fingerprint density at radius 2 is 1.77 bits per heavy atom. The largest absolute Gasteiger partial charge is 0.457 e. The molecule has 2 N–H and O–H groups in total. The third-order valence-corrected chi connectivity index (χ3v) is 5.98. The van der Waals surface area contributed by atoms with Crippen LogP contribution in [0.15, 0.2) is 65.7 Å². The molecule has 3 amide bonds. The Bertz CT molecular complexity index is 1240. The van der Waals surface area contributed by atoms with Crippen molar-refractivity contribution in [3.05, 3.63) is 77.6 Å². The lowest BCUT2D eigenvalue weighted by atomic mass is 10.00. The summed E-state index contributed by atoms with van der Waals surface area (Å²) in [7, 11) is 1.52. The van der Waals surface area contributed by atoms with E-state index >= 15 is 0 Å². The predicted molar refractivity (Wildman–Crippen MR) is 126 cm³/mol. The molecule has 3 aromatic rings. The van der Waals surface area contributed by atoms with Gasteiger partial charge in [0.2, 0.25) is 0 Å². The number of halogens is 3. The quantitative estimate of drug-likeness (QED) is 0.455. The molecule has 1 aromatic heterocycles. The first-order valence-corrected chi connectivity index (χ1v) is 11.4. The van der Waals surface area contributed by atoms with E-state index in [1.54, 1.807) is 11.0 Å². The zero-order valence-electron chi connectivity index (χ0n) is 18.6. The zero-order chi connectivity index (χ0) is 25.0. The van der Waals surface area contributed by atoms with Crippen molar-refractivity contribution in [2.24, 2.45) is 0 Å². The highest BCUT2D eigenvalue weighted by atomic mass is 32.2. The van der Waals surface area contributed by atoms with E-state index in [2.05, 4.69) is 15.6 Å². The molecule has 11 heteroatoms. The Balaban J connectivity index is 1.40. The van der Waals surface area contributed by atoms with Crippen LogP contribution in [0.25, 0.3) is 0 Å². The van der Waals surface area contributed by atoms with Crippen LogP contribution >= 0.6 is 11.8 Å². The number of amides is 3. The summed E-state index contributed by atoms with van der Waals surface area (Å²) in [6.07, 6.45) is 2.14. The van der Waals surface area contributed by atoms with Crippen LogP contribution in [-0.2, 0) is 13.0 Å². The van der Waals surface area contributed by atoms with Gasteiger partial charge in [-0.2, -0.15) is 13.2 Å². The van der Waals surface area contributed by atoms with Crippen LogP contribution in [0.4, 0.5) is 23.7 Å². The summed E-state index contributed by atoms with van der Waals surface area (Å²) in [5, 5.41) is 5.24. The number of pyridine rings is 1. The number of ether oxygens (including phenoxy) is 1. The molecule has 1 aliphatic rings. The number of nitrogens with zero attached hydrogens (tertiary/aromatic N) is 2. The Labute approximate surface area is 203 Å². The Hall–Kier alpha value is -3.73. The fourth-order valence-electron chi connectivity index (χ4n) is 3.58. The summed E-state index contributed by atoms with van der Waals surface area (Å²) in [4.78, 5) is 30.2. The molecule has 182 valence electrons. The highest BCUT2D eigenvalue weighted by Crippen LogP contribution is 2.37. The van der Waals surface area contributed by atoms with Crippen LogP contribution in [-0.4, -0.2) is 40.9 Å². The monoisotopic (exact) mass is 502 g/mol. The van der Waals surface area contributed by atoms with Crippen LogP contribution in [0, 0.1) is 0 Å². The number of hydrogen-bond donors (Lipinski definition) is 2. The topological polar surface area (TPSA) is 83.6 Å². The molecular formula is C24H21F3N4O3S. The molecule has 0 radical (unpaired) electrons. The van der Waals surface area contributed by atoms with Crippen molar-refractivity contribution in [3.8, 4) is 11.5 Å². The van der Waals surface area contributed by atoms with E-state index < -0.39 is 5.51 Å². The first-order chi connectivity index (χ1) is 16.7. The normalized spacial score (nSPS) is 13.1. The third-order valence-electron chi connectivity index (χ3n) is 5.24. The molecule has 35 heavy (non-hydrogen) atoms. The summed E-state index contributed by atoms with van der Waals surface area (Å²) >= 11 is -0.205. The summed E-state index contributed by atoms with van der Waals surface area (Å²) in [6, 6.07) is 14.0. The van der Waals surface area contributed by atoms with Gasteiger partial charge in [0.05, 0.1) is 0 Å². The average molecular weight is 503 g/mol. The maximum Gasteiger partial charge on any atom is 0.446 e. The molecule has 2 aromatic carbocycles. The molecule has 2 heterocycles. The standard InChI is InChI=1S/C24H21F3N4O3S/c1-28-22(32)21-13-19(8-10-29-21)34-18-5-2-15-9-11-31(14-16(15)12-18)23(33)30-17-3-6-20(7-4-17)35-24(25,26)27/h2-8,10,12-13H,9,11,14H2,1H3,(H,28,32)(H,30,33). The molecule has 0 saturated carbocycles. The Morgan fingerprint density at radius 3 is 2.49 bits per heavy atom. The molecule has 0 saturated heterocycles. The molecule has 0 bridgehead atoms. The molecule has 1 aliphatic heterocycles. The minimum absolute atomic E-state index is 0.0477. The highest BCUT2D eigenvalue weighted by Gasteiger charge is 2.29. The lowest BCUT2D eigenvalue weighted by molar-refractivity contribution is -0.0328. The van der Waals surface area contributed by atoms with Crippen LogP contribution in [0.1, 0.15) is 21.6 Å². The van der Waals surface area contributed by atoms with Gasteiger partial charge in [0, 0.05) is 43.0 Å². The second-order valence-corrected chi connectivity index (χ2v) is 8.80. The van der Waals surface area contributed by atoms with Crippen molar-refractivity contribution in [1.29, 1.82) is 0 Å². The number of aromatic nitrogens is 1. The van der Waals surface area contributed by atoms with Gasteiger partial charge in [0.15, 0.2) is 0 Å². The maximum absolute atomic E-state index is 12.8. The SMILES string of the molecule is CNC(=O)c1cc(Oc2ccc3c(c2)CN(C(=O)Nc2ccc(SC(F)(F)F)cc2)CC3)ccn1. The van der Waals surface area contributed by atoms with Crippen LogP contribution in [0.5, 0.6) is 11.5 Å². The average Bonchev–Trinajstić information content (AvgIpc) is 2.83. The summed E-state index contributed by atoms with van der Waals surface area (Å²) in [5.41, 5.74) is -1.71. The van der Waals surface area contributed by atoms with Gasteiger partial charge in [0.25, 0.3) is 5.91 Å². The van der Waals surface area contributed by atoms with Crippen molar-refractivity contribution in [3.63, 3.8) is 0 Å². The van der Waals surface area contributed by atoms with E-state index in [9.17, 15) is 22.8 Å². The second kappa shape index (κ2) is 10.3. The Kier molecular flexibility index (Phi) is 7.15. The number of fused-ring (bicyclic) bond motifs is 1. The van der Waals surface area contributed by atoms with Crippen molar-refractivity contribution in [2.75, 3.05) is 18.9 Å². The minimum atomic E-state index is -4.36. The number of benzene rings is 2.